The van der Waals surface area contributed by atoms with Crippen LogP contribution in [0.1, 0.15) is 0 Å². The molecule has 3 aliphatic rings. The first-order valence-corrected chi connectivity index (χ1v) is 20.5. The summed E-state index contributed by atoms with van der Waals surface area (Å²) in [6.07, 6.45) is 0. The summed E-state index contributed by atoms with van der Waals surface area (Å²) in [6, 6.07) is 75.7. The fourth-order valence-corrected chi connectivity index (χ4v) is 10.6. The van der Waals surface area contributed by atoms with E-state index in [1.807, 2.05) is 0 Å². The van der Waals surface area contributed by atoms with E-state index in [1.165, 1.54) is 82.7 Å². The van der Waals surface area contributed by atoms with E-state index in [1.54, 1.807) is 0 Å². The Labute approximate surface area is 343 Å². The summed E-state index contributed by atoms with van der Waals surface area (Å²) in [4.78, 5) is 2.57. The Bertz CT molecular complexity index is 3340. The zero-order valence-electron chi connectivity index (χ0n) is 32.1. The van der Waals surface area contributed by atoms with Crippen LogP contribution in [0.15, 0.2) is 206 Å². The second kappa shape index (κ2) is 12.5. The predicted octanol–water partition coefficient (Wildman–Crippen LogP) is 9.35. The molecule has 0 atom stereocenters. The molecule has 3 nitrogen and oxygen atoms in total. The maximum Gasteiger partial charge on any atom is 0.248 e. The summed E-state index contributed by atoms with van der Waals surface area (Å²) in [5.74, 6) is 1.74. The Kier molecular flexibility index (Phi) is 6.90. The van der Waals surface area contributed by atoms with Crippen LogP contribution in [-0.2, 0) is 0 Å². The highest BCUT2D eigenvalue weighted by Gasteiger charge is 2.46. The third-order valence-electron chi connectivity index (χ3n) is 12.9. The number of hydrogen-bond acceptors (Lipinski definition) is 2. The molecule has 9 aromatic carbocycles. The SMILES string of the molecule is c1ccc(-c2ccccc2B2c3ccccc3N3c4cc5c6c(c4B(c4ccccc4-c4ccccc4)c4cccc2c43)c2ccccc2n6-c2ccccc2O5)cc1. The lowest BCUT2D eigenvalue weighted by Crippen LogP contribution is -2.65. The molecule has 1 aromatic heterocycles. The van der Waals surface area contributed by atoms with Crippen molar-refractivity contribution in [2.24, 2.45) is 0 Å². The summed E-state index contributed by atoms with van der Waals surface area (Å²) in [5, 5.41) is 2.46. The van der Waals surface area contributed by atoms with Crippen LogP contribution in [-0.4, -0.2) is 18.0 Å². The highest BCUT2D eigenvalue weighted by Crippen LogP contribution is 2.49. The van der Waals surface area contributed by atoms with Crippen molar-refractivity contribution in [1.82, 2.24) is 4.57 Å². The number of para-hydroxylation sites is 5. The molecule has 0 radical (unpaired) electrons. The Morgan fingerprint density at radius 3 is 1.66 bits per heavy atom. The minimum atomic E-state index is -0.0895. The molecule has 10 aromatic rings. The molecule has 0 unspecified atom stereocenters. The molecule has 0 saturated carbocycles. The van der Waals surface area contributed by atoms with E-state index in [0.29, 0.717) is 0 Å². The van der Waals surface area contributed by atoms with Crippen molar-refractivity contribution in [2.75, 3.05) is 4.90 Å². The average Bonchev–Trinajstić information content (AvgIpc) is 3.66. The van der Waals surface area contributed by atoms with Crippen molar-refractivity contribution in [1.29, 1.82) is 0 Å². The summed E-state index contributed by atoms with van der Waals surface area (Å²) in [5.41, 5.74) is 19.7. The summed E-state index contributed by atoms with van der Waals surface area (Å²) in [6.45, 7) is -0.0825. The number of ether oxygens (including phenoxy) is 1. The third kappa shape index (κ3) is 4.56. The monoisotopic (exact) mass is 748 g/mol. The highest BCUT2D eigenvalue weighted by atomic mass is 16.5. The van der Waals surface area contributed by atoms with Gasteiger partial charge in [-0.05, 0) is 68.4 Å². The Morgan fingerprint density at radius 2 is 0.932 bits per heavy atom. The molecule has 0 aliphatic carbocycles. The van der Waals surface area contributed by atoms with Crippen LogP contribution in [0, 0.1) is 0 Å². The first-order valence-electron chi connectivity index (χ1n) is 20.5. The van der Waals surface area contributed by atoms with Gasteiger partial charge in [-0.15, -0.1) is 0 Å². The molecule has 4 heterocycles. The smallest absolute Gasteiger partial charge is 0.248 e. The van der Waals surface area contributed by atoms with E-state index < -0.39 is 0 Å². The van der Waals surface area contributed by atoms with Gasteiger partial charge in [0.05, 0.1) is 16.7 Å². The summed E-state index contributed by atoms with van der Waals surface area (Å²) < 4.78 is 9.44. The van der Waals surface area contributed by atoms with Crippen LogP contribution >= 0.6 is 0 Å². The number of anilines is 3. The van der Waals surface area contributed by atoms with Crippen LogP contribution < -0.4 is 42.4 Å². The first kappa shape index (κ1) is 32.6. The molecule has 3 aliphatic heterocycles. The Morgan fingerprint density at radius 1 is 0.390 bits per heavy atom. The predicted molar refractivity (Wildman–Crippen MR) is 249 cm³/mol. The number of rotatable bonds is 4. The fraction of sp³-hybridized carbons (Fsp3) is 0. The van der Waals surface area contributed by atoms with Crippen LogP contribution in [0.2, 0.25) is 0 Å². The van der Waals surface area contributed by atoms with E-state index in [4.69, 9.17) is 4.74 Å². The van der Waals surface area contributed by atoms with Gasteiger partial charge in [0.1, 0.15) is 0 Å². The average molecular weight is 749 g/mol. The molecule has 5 heteroatoms. The Hall–Kier alpha value is -7.49. The van der Waals surface area contributed by atoms with Crippen LogP contribution in [0.4, 0.5) is 17.1 Å². The quantitative estimate of drug-likeness (QED) is 0.167. The van der Waals surface area contributed by atoms with E-state index in [2.05, 4.69) is 216 Å². The van der Waals surface area contributed by atoms with Gasteiger partial charge in [-0.1, -0.05) is 187 Å². The van der Waals surface area contributed by atoms with Gasteiger partial charge in [0, 0.05) is 33.9 Å². The van der Waals surface area contributed by atoms with Crippen molar-refractivity contribution in [3.05, 3.63) is 206 Å². The van der Waals surface area contributed by atoms with Crippen molar-refractivity contribution < 1.29 is 4.74 Å². The standard InChI is InChI=1S/C54H34B2N2O/c1-3-18-35(19-4-1)37-22-7-10-25-40(37)55-42-27-12-14-31-46(42)58-48-34-50-54-51(39-24-9-13-30-45(39)57(54)47-32-15-16-33-49(47)59-50)52(48)56(44-29-17-28-43(55)53(44)58)41-26-11-8-23-38(41)36-20-5-2-6-21-36/h1-34H. The second-order valence-electron chi connectivity index (χ2n) is 15.9. The molecule has 0 spiro atoms. The maximum absolute atomic E-state index is 7.00. The van der Waals surface area contributed by atoms with Crippen LogP contribution in [0.3, 0.4) is 0 Å². The van der Waals surface area contributed by atoms with Gasteiger partial charge in [-0.25, -0.2) is 0 Å². The van der Waals surface area contributed by atoms with Gasteiger partial charge < -0.3 is 14.2 Å². The fourth-order valence-electron chi connectivity index (χ4n) is 10.6. The molecule has 13 rings (SSSR count). The lowest BCUT2D eigenvalue weighted by atomic mass is 9.29. The van der Waals surface area contributed by atoms with E-state index in [-0.39, 0.29) is 13.4 Å². The van der Waals surface area contributed by atoms with E-state index >= 15 is 0 Å². The molecule has 0 fully saturated rings. The van der Waals surface area contributed by atoms with E-state index in [9.17, 15) is 0 Å². The van der Waals surface area contributed by atoms with Gasteiger partial charge in [0.2, 0.25) is 13.4 Å². The Balaban J connectivity index is 1.19. The van der Waals surface area contributed by atoms with Gasteiger partial charge in [-0.3, -0.25) is 0 Å². The molecule has 0 N–H and O–H groups in total. The van der Waals surface area contributed by atoms with Crippen molar-refractivity contribution in [2.45, 2.75) is 0 Å². The number of aromatic nitrogens is 1. The topological polar surface area (TPSA) is 17.4 Å². The molecule has 272 valence electrons. The largest absolute Gasteiger partial charge is 0.453 e. The van der Waals surface area contributed by atoms with Crippen molar-refractivity contribution in [3.8, 4) is 39.4 Å². The zero-order chi connectivity index (χ0) is 38.6. The molecular weight excluding hydrogens is 714 g/mol. The minimum Gasteiger partial charge on any atom is -0.453 e. The van der Waals surface area contributed by atoms with Gasteiger partial charge in [0.25, 0.3) is 0 Å². The first-order chi connectivity index (χ1) is 29.3. The number of benzene rings is 9. The van der Waals surface area contributed by atoms with Gasteiger partial charge in [-0.2, -0.15) is 0 Å². The molecule has 0 amide bonds. The van der Waals surface area contributed by atoms with Crippen LogP contribution in [0.5, 0.6) is 11.5 Å². The molecule has 0 saturated heterocycles. The minimum absolute atomic E-state index is 0.00694. The number of hydrogen-bond donors (Lipinski definition) is 0. The number of nitrogens with zero attached hydrogens (tertiary/aromatic N) is 2. The lowest BCUT2D eigenvalue weighted by Gasteiger charge is -2.44. The molecule has 59 heavy (non-hydrogen) atoms. The van der Waals surface area contributed by atoms with Gasteiger partial charge >= 0.3 is 0 Å². The van der Waals surface area contributed by atoms with Crippen molar-refractivity contribution in [3.63, 3.8) is 0 Å². The molecule has 0 bridgehead atoms. The number of fused-ring (bicyclic) bond motifs is 10. The summed E-state index contributed by atoms with van der Waals surface area (Å²) >= 11 is 0. The highest BCUT2D eigenvalue weighted by molar-refractivity contribution is 7.03. The van der Waals surface area contributed by atoms with E-state index in [0.717, 1.165) is 28.4 Å². The zero-order valence-corrected chi connectivity index (χ0v) is 32.1. The lowest BCUT2D eigenvalue weighted by molar-refractivity contribution is 0.476. The normalized spacial score (nSPS) is 13.1. The second-order valence-corrected chi connectivity index (χ2v) is 15.9. The van der Waals surface area contributed by atoms with Crippen molar-refractivity contribution >= 4 is 85.1 Å². The summed E-state index contributed by atoms with van der Waals surface area (Å²) in [7, 11) is 0. The third-order valence-corrected chi connectivity index (χ3v) is 12.9. The maximum atomic E-state index is 7.00. The van der Waals surface area contributed by atoms with Gasteiger partial charge in [0.15, 0.2) is 11.5 Å². The van der Waals surface area contributed by atoms with Crippen LogP contribution in [0.25, 0.3) is 49.7 Å². The molecular formula is C54H34B2N2O.